The summed E-state index contributed by atoms with van der Waals surface area (Å²) in [6.45, 7) is 15.8. The molecular weight excluding hydrogens is 382 g/mol. The Morgan fingerprint density at radius 1 is 0.700 bits per heavy atom. The van der Waals surface area contributed by atoms with Crippen molar-refractivity contribution >= 4 is 21.6 Å². The third kappa shape index (κ3) is 3.94. The first-order valence-corrected chi connectivity index (χ1v) is 11.5. The molecule has 30 heavy (non-hydrogen) atoms. The molecule has 0 aliphatic carbocycles. The van der Waals surface area contributed by atoms with E-state index in [9.17, 15) is 0 Å². The summed E-state index contributed by atoms with van der Waals surface area (Å²) in [6.07, 6.45) is 0. The lowest BCUT2D eigenvalue weighted by atomic mass is 9.84. The third-order valence-electron chi connectivity index (χ3n) is 5.80. The second-order valence-electron chi connectivity index (χ2n) is 10.3. The van der Waals surface area contributed by atoms with Crippen molar-refractivity contribution in [2.45, 2.75) is 59.3 Å². The van der Waals surface area contributed by atoms with E-state index in [4.69, 9.17) is 4.98 Å². The summed E-state index contributed by atoms with van der Waals surface area (Å²) in [5.41, 5.74) is 9.01. The van der Waals surface area contributed by atoms with Crippen molar-refractivity contribution in [1.82, 2.24) is 4.98 Å². The minimum atomic E-state index is 0.0844. The molecule has 0 radical (unpaired) electrons. The van der Waals surface area contributed by atoms with Crippen molar-refractivity contribution in [3.63, 3.8) is 0 Å². The summed E-state index contributed by atoms with van der Waals surface area (Å²) >= 11 is 1.80. The number of nitrogens with zero attached hydrogens (tertiary/aromatic N) is 1. The molecule has 0 amide bonds. The van der Waals surface area contributed by atoms with Gasteiger partial charge in [0, 0.05) is 11.1 Å². The van der Waals surface area contributed by atoms with Gasteiger partial charge in [0.25, 0.3) is 0 Å². The van der Waals surface area contributed by atoms with Gasteiger partial charge >= 0.3 is 0 Å². The highest BCUT2D eigenvalue weighted by Gasteiger charge is 2.20. The molecular formula is C28H31NS. The van der Waals surface area contributed by atoms with Gasteiger partial charge in [0.15, 0.2) is 0 Å². The molecule has 3 aromatic carbocycles. The number of hydrogen-bond acceptors (Lipinski definition) is 2. The van der Waals surface area contributed by atoms with Gasteiger partial charge in [-0.25, -0.2) is 4.98 Å². The van der Waals surface area contributed by atoms with Gasteiger partial charge in [-0.15, -0.1) is 11.3 Å². The van der Waals surface area contributed by atoms with Gasteiger partial charge in [0.2, 0.25) is 0 Å². The van der Waals surface area contributed by atoms with Crippen LogP contribution in [0.4, 0.5) is 0 Å². The molecule has 4 aromatic rings. The fraction of sp³-hybridized carbons (Fsp3) is 0.321. The Morgan fingerprint density at radius 2 is 1.33 bits per heavy atom. The lowest BCUT2D eigenvalue weighted by molar-refractivity contribution is 0.590. The van der Waals surface area contributed by atoms with Gasteiger partial charge in [-0.2, -0.15) is 0 Å². The fourth-order valence-electron chi connectivity index (χ4n) is 3.76. The normalized spacial score (nSPS) is 12.5. The summed E-state index contributed by atoms with van der Waals surface area (Å²) in [4.78, 5) is 5.13. The standard InChI is InChI=1S/C28H31NS/c1-18-10-8-9-11-22(18)26-29-25-23(16-21(28(5,6)7)17-24(25)30-26)19-12-14-20(15-13-19)27(2,3)4/h8-17H,1-7H3. The summed E-state index contributed by atoms with van der Waals surface area (Å²) in [6, 6.07) is 22.2. The molecule has 4 rings (SSSR count). The van der Waals surface area contributed by atoms with E-state index in [1.54, 1.807) is 11.3 Å². The average molecular weight is 414 g/mol. The quantitative estimate of drug-likeness (QED) is 0.321. The molecule has 1 heterocycles. The van der Waals surface area contributed by atoms with E-state index in [-0.39, 0.29) is 10.8 Å². The summed E-state index contributed by atoms with van der Waals surface area (Å²) in [7, 11) is 0. The van der Waals surface area contributed by atoms with Crippen LogP contribution in [0.1, 0.15) is 58.2 Å². The molecule has 0 unspecified atom stereocenters. The molecule has 0 spiro atoms. The summed E-state index contributed by atoms with van der Waals surface area (Å²) in [5, 5.41) is 1.10. The number of aryl methyl sites for hydroxylation is 1. The average Bonchev–Trinajstić information content (AvgIpc) is 3.10. The van der Waals surface area contributed by atoms with Crippen molar-refractivity contribution in [2.24, 2.45) is 0 Å². The zero-order valence-corrected chi connectivity index (χ0v) is 19.9. The molecule has 0 atom stereocenters. The molecule has 154 valence electrons. The second kappa shape index (κ2) is 7.35. The van der Waals surface area contributed by atoms with Crippen LogP contribution in [-0.4, -0.2) is 4.98 Å². The van der Waals surface area contributed by atoms with Gasteiger partial charge in [-0.1, -0.05) is 90.1 Å². The first-order valence-electron chi connectivity index (χ1n) is 10.7. The molecule has 0 saturated carbocycles. The first-order chi connectivity index (χ1) is 14.0. The fourth-order valence-corrected chi connectivity index (χ4v) is 4.88. The molecule has 2 heteroatoms. The highest BCUT2D eigenvalue weighted by Crippen LogP contribution is 2.40. The molecule has 0 aliphatic rings. The number of benzene rings is 3. The zero-order valence-electron chi connectivity index (χ0n) is 19.1. The van der Waals surface area contributed by atoms with Crippen LogP contribution in [0.25, 0.3) is 31.9 Å². The van der Waals surface area contributed by atoms with E-state index in [2.05, 4.69) is 109 Å². The molecule has 0 saturated heterocycles. The van der Waals surface area contributed by atoms with Crippen LogP contribution in [0.15, 0.2) is 60.7 Å². The van der Waals surface area contributed by atoms with Crippen molar-refractivity contribution in [3.05, 3.63) is 77.4 Å². The van der Waals surface area contributed by atoms with Crippen molar-refractivity contribution in [2.75, 3.05) is 0 Å². The number of thiazole rings is 1. The van der Waals surface area contributed by atoms with E-state index in [0.29, 0.717) is 0 Å². The van der Waals surface area contributed by atoms with Crippen LogP contribution in [0.3, 0.4) is 0 Å². The highest BCUT2D eigenvalue weighted by atomic mass is 32.1. The molecule has 0 bridgehead atoms. The second-order valence-corrected chi connectivity index (χ2v) is 11.3. The number of rotatable bonds is 2. The lowest BCUT2D eigenvalue weighted by Crippen LogP contribution is -2.11. The Kier molecular flexibility index (Phi) is 5.10. The van der Waals surface area contributed by atoms with Gasteiger partial charge < -0.3 is 0 Å². The van der Waals surface area contributed by atoms with Crippen LogP contribution in [0, 0.1) is 6.92 Å². The van der Waals surface area contributed by atoms with Gasteiger partial charge in [0.05, 0.1) is 10.2 Å². The van der Waals surface area contributed by atoms with E-state index >= 15 is 0 Å². The third-order valence-corrected chi connectivity index (χ3v) is 6.83. The minimum absolute atomic E-state index is 0.0844. The maximum absolute atomic E-state index is 5.13. The maximum atomic E-state index is 5.13. The van der Waals surface area contributed by atoms with Crippen molar-refractivity contribution in [1.29, 1.82) is 0 Å². The topological polar surface area (TPSA) is 12.9 Å². The minimum Gasteiger partial charge on any atom is -0.235 e. The van der Waals surface area contributed by atoms with E-state index < -0.39 is 0 Å². The van der Waals surface area contributed by atoms with E-state index in [1.165, 1.54) is 38.1 Å². The SMILES string of the molecule is Cc1ccccc1-c1nc2c(-c3ccc(C(C)(C)C)cc3)cc(C(C)(C)C)cc2s1. The van der Waals surface area contributed by atoms with Crippen molar-refractivity contribution < 1.29 is 0 Å². The summed E-state index contributed by atoms with van der Waals surface area (Å²) in [5.74, 6) is 0. The number of hydrogen-bond donors (Lipinski definition) is 0. The van der Waals surface area contributed by atoms with Crippen LogP contribution in [0.5, 0.6) is 0 Å². The number of aromatic nitrogens is 1. The maximum Gasteiger partial charge on any atom is 0.124 e. The zero-order chi connectivity index (χ0) is 21.7. The Hall–Kier alpha value is -2.45. The molecule has 0 N–H and O–H groups in total. The molecule has 0 aliphatic heterocycles. The largest absolute Gasteiger partial charge is 0.235 e. The first kappa shape index (κ1) is 20.8. The predicted octanol–water partition coefficient (Wildman–Crippen LogP) is 8.53. The molecule has 1 nitrogen and oxygen atoms in total. The van der Waals surface area contributed by atoms with E-state index in [1.807, 2.05) is 0 Å². The Bertz CT molecular complexity index is 1200. The van der Waals surface area contributed by atoms with Crippen LogP contribution >= 0.6 is 11.3 Å². The molecule has 0 fully saturated rings. The number of fused-ring (bicyclic) bond motifs is 1. The molecule has 1 aromatic heterocycles. The van der Waals surface area contributed by atoms with Crippen LogP contribution < -0.4 is 0 Å². The Balaban J connectivity index is 1.94. The Labute approximate surface area is 184 Å². The smallest absolute Gasteiger partial charge is 0.124 e. The van der Waals surface area contributed by atoms with Gasteiger partial charge in [0.1, 0.15) is 5.01 Å². The highest BCUT2D eigenvalue weighted by molar-refractivity contribution is 7.21. The monoisotopic (exact) mass is 413 g/mol. The predicted molar refractivity (Wildman–Crippen MR) is 133 cm³/mol. The van der Waals surface area contributed by atoms with Crippen LogP contribution in [-0.2, 0) is 10.8 Å². The summed E-state index contributed by atoms with van der Waals surface area (Å²) < 4.78 is 1.26. The van der Waals surface area contributed by atoms with E-state index in [0.717, 1.165) is 10.5 Å². The Morgan fingerprint density at radius 3 is 1.93 bits per heavy atom. The van der Waals surface area contributed by atoms with Crippen LogP contribution in [0.2, 0.25) is 0 Å². The van der Waals surface area contributed by atoms with Gasteiger partial charge in [-0.05, 0) is 52.1 Å². The lowest BCUT2D eigenvalue weighted by Gasteiger charge is -2.21. The van der Waals surface area contributed by atoms with Gasteiger partial charge in [-0.3, -0.25) is 0 Å². The van der Waals surface area contributed by atoms with Crippen molar-refractivity contribution in [3.8, 4) is 21.7 Å².